The van der Waals surface area contributed by atoms with Crippen LogP contribution >= 0.6 is 0 Å². The van der Waals surface area contributed by atoms with Crippen LogP contribution in [0.25, 0.3) is 0 Å². The number of hydrogen-bond acceptors (Lipinski definition) is 4. The van der Waals surface area contributed by atoms with Gasteiger partial charge in [-0.25, -0.2) is 9.59 Å². The number of hydrogen-bond donors (Lipinski definition) is 1. The Morgan fingerprint density at radius 1 is 1.50 bits per heavy atom. The Bertz CT molecular complexity index is 670. The Morgan fingerprint density at radius 3 is 2.85 bits per heavy atom. The minimum Gasteiger partial charge on any atom is -0.478 e. The lowest BCUT2D eigenvalue weighted by Gasteiger charge is -2.36. The van der Waals surface area contributed by atoms with E-state index in [2.05, 4.69) is 20.4 Å². The zero-order valence-electron chi connectivity index (χ0n) is 15.8. The maximum Gasteiger partial charge on any atom is 0.336 e. The predicted octanol–water partition coefficient (Wildman–Crippen LogP) is 4.17. The fourth-order valence-electron chi connectivity index (χ4n) is 3.43. The van der Waals surface area contributed by atoms with Gasteiger partial charge in [-0.05, 0) is 61.2 Å². The summed E-state index contributed by atoms with van der Waals surface area (Å²) in [6.45, 7) is 8.35. The van der Waals surface area contributed by atoms with Gasteiger partial charge in [0.25, 0.3) is 0 Å². The molecule has 1 unspecified atom stereocenters. The van der Waals surface area contributed by atoms with Gasteiger partial charge in [0.15, 0.2) is 0 Å². The highest BCUT2D eigenvalue weighted by Gasteiger charge is 2.33. The molecule has 0 radical (unpaired) electrons. The summed E-state index contributed by atoms with van der Waals surface area (Å²) in [4.78, 5) is 23.3. The van der Waals surface area contributed by atoms with Crippen LogP contribution in [0.5, 0.6) is 0 Å². The molecule has 1 N–H and O–H groups in total. The van der Waals surface area contributed by atoms with Crippen molar-refractivity contribution in [1.29, 1.82) is 0 Å². The molecule has 142 valence electrons. The van der Waals surface area contributed by atoms with Crippen molar-refractivity contribution in [3.8, 4) is 0 Å². The van der Waals surface area contributed by atoms with Crippen molar-refractivity contribution in [3.05, 3.63) is 47.6 Å². The molecule has 0 aromatic rings. The third-order valence-corrected chi connectivity index (χ3v) is 5.68. The van der Waals surface area contributed by atoms with E-state index in [1.165, 1.54) is 7.11 Å². The number of ether oxygens (including phenoxy) is 2. The number of aliphatic carboxylic acids is 1. The van der Waals surface area contributed by atoms with Gasteiger partial charge >= 0.3 is 11.9 Å². The van der Waals surface area contributed by atoms with Gasteiger partial charge < -0.3 is 14.6 Å². The van der Waals surface area contributed by atoms with Crippen LogP contribution in [0.2, 0.25) is 0 Å². The summed E-state index contributed by atoms with van der Waals surface area (Å²) < 4.78 is 10.2. The van der Waals surface area contributed by atoms with E-state index in [1.54, 1.807) is 18.2 Å². The Labute approximate surface area is 155 Å². The molecule has 0 amide bonds. The second kappa shape index (κ2) is 8.49. The van der Waals surface area contributed by atoms with Crippen molar-refractivity contribution in [2.45, 2.75) is 52.2 Å². The van der Waals surface area contributed by atoms with Gasteiger partial charge in [-0.3, -0.25) is 0 Å². The zero-order chi connectivity index (χ0) is 19.3. The van der Waals surface area contributed by atoms with Crippen molar-refractivity contribution < 1.29 is 24.2 Å². The number of carbonyl (C=O) groups excluding carboxylic acids is 1. The van der Waals surface area contributed by atoms with Crippen LogP contribution in [-0.4, -0.2) is 30.4 Å². The summed E-state index contributed by atoms with van der Waals surface area (Å²) in [6.07, 6.45) is 10.4. The van der Waals surface area contributed by atoms with E-state index < -0.39 is 12.3 Å². The predicted molar refractivity (Wildman–Crippen MR) is 99.3 cm³/mol. The van der Waals surface area contributed by atoms with Crippen LogP contribution in [0.3, 0.4) is 0 Å². The fourth-order valence-corrected chi connectivity index (χ4v) is 3.43. The summed E-state index contributed by atoms with van der Waals surface area (Å²) in [7, 11) is 1.51. The summed E-state index contributed by atoms with van der Waals surface area (Å²) in [5.74, 6) is -0.880. The number of allylic oxidation sites excluding steroid dienone is 3. The molecule has 0 aromatic heterocycles. The van der Waals surface area contributed by atoms with E-state index in [-0.39, 0.29) is 17.0 Å². The van der Waals surface area contributed by atoms with E-state index in [4.69, 9.17) is 9.47 Å². The Balaban J connectivity index is 2.12. The standard InChI is InChI=1S/C21H28O5/c1-14-8-9-15(2)21(3,11-6-5-7-17(14)19(22)23)12-10-16-13-18(25-4)26-20(16)24/h5-7,13,15,18H,1,8-12H2,2-4H3,(H,22,23)/b6-5-,17-7+/t15-,18?,21+/m0/s1. The number of carbonyl (C=O) groups is 2. The summed E-state index contributed by atoms with van der Waals surface area (Å²) in [5, 5.41) is 9.31. The second-order valence-corrected chi connectivity index (χ2v) is 7.42. The fraction of sp³-hybridized carbons (Fsp3) is 0.524. The zero-order valence-corrected chi connectivity index (χ0v) is 15.8. The lowest BCUT2D eigenvalue weighted by atomic mass is 9.69. The Kier molecular flexibility index (Phi) is 6.59. The highest BCUT2D eigenvalue weighted by atomic mass is 16.7. The van der Waals surface area contributed by atoms with E-state index in [9.17, 15) is 14.7 Å². The van der Waals surface area contributed by atoms with Crippen molar-refractivity contribution in [2.24, 2.45) is 11.3 Å². The molecule has 1 aliphatic carbocycles. The average Bonchev–Trinajstić information content (AvgIpc) is 2.96. The first kappa shape index (κ1) is 20.2. The van der Waals surface area contributed by atoms with E-state index in [1.807, 2.05) is 6.08 Å². The lowest BCUT2D eigenvalue weighted by Crippen LogP contribution is -2.26. The molecule has 0 bridgehead atoms. The first-order valence-corrected chi connectivity index (χ1v) is 8.99. The van der Waals surface area contributed by atoms with Gasteiger partial charge in [-0.2, -0.15) is 0 Å². The number of cyclic esters (lactones) is 1. The molecule has 3 atom stereocenters. The van der Waals surface area contributed by atoms with Gasteiger partial charge in [0, 0.05) is 12.7 Å². The first-order chi connectivity index (χ1) is 12.3. The third-order valence-electron chi connectivity index (χ3n) is 5.68. The minimum atomic E-state index is -0.935. The summed E-state index contributed by atoms with van der Waals surface area (Å²) in [6, 6.07) is 0. The SMILES string of the molecule is C=C1CC[C@H](C)[C@@](C)(CCC2=CC(OC)OC2=O)C/C=C\C=C/1C(=O)O. The second-order valence-electron chi connectivity index (χ2n) is 7.42. The molecule has 5 heteroatoms. The maximum absolute atomic E-state index is 11.9. The van der Waals surface area contributed by atoms with Crippen molar-refractivity contribution in [2.75, 3.05) is 7.11 Å². The van der Waals surface area contributed by atoms with E-state index >= 15 is 0 Å². The van der Waals surface area contributed by atoms with E-state index in [0.717, 1.165) is 19.3 Å². The van der Waals surface area contributed by atoms with Crippen LogP contribution < -0.4 is 0 Å². The molecule has 0 spiro atoms. The number of esters is 1. The van der Waals surface area contributed by atoms with Gasteiger partial charge in [0.05, 0.1) is 5.57 Å². The van der Waals surface area contributed by atoms with Gasteiger partial charge in [0.2, 0.25) is 6.29 Å². The number of carboxylic acid groups (broad SMARTS) is 1. The number of methoxy groups -OCH3 is 1. The lowest BCUT2D eigenvalue weighted by molar-refractivity contribution is -0.155. The van der Waals surface area contributed by atoms with Crippen molar-refractivity contribution >= 4 is 11.9 Å². The largest absolute Gasteiger partial charge is 0.478 e. The maximum atomic E-state index is 11.9. The molecule has 0 saturated heterocycles. The van der Waals surface area contributed by atoms with Crippen LogP contribution in [-0.2, 0) is 19.1 Å². The molecule has 2 aliphatic rings. The van der Waals surface area contributed by atoms with Crippen LogP contribution in [0.4, 0.5) is 0 Å². The first-order valence-electron chi connectivity index (χ1n) is 8.99. The molecule has 0 aromatic carbocycles. The Hall–Kier alpha value is -2.14. The van der Waals surface area contributed by atoms with Gasteiger partial charge in [0.1, 0.15) is 0 Å². The normalized spacial score (nSPS) is 33.0. The van der Waals surface area contributed by atoms with Crippen LogP contribution in [0, 0.1) is 11.3 Å². The Morgan fingerprint density at radius 2 is 2.23 bits per heavy atom. The summed E-state index contributed by atoms with van der Waals surface area (Å²) >= 11 is 0. The van der Waals surface area contributed by atoms with Crippen molar-refractivity contribution in [3.63, 3.8) is 0 Å². The highest BCUT2D eigenvalue weighted by Crippen LogP contribution is 2.41. The minimum absolute atomic E-state index is 0.00236. The quantitative estimate of drug-likeness (QED) is 0.745. The number of carboxylic acids is 1. The average molecular weight is 360 g/mol. The monoisotopic (exact) mass is 360 g/mol. The highest BCUT2D eigenvalue weighted by molar-refractivity contribution is 5.92. The molecule has 0 fully saturated rings. The smallest absolute Gasteiger partial charge is 0.336 e. The molecule has 1 aliphatic heterocycles. The van der Waals surface area contributed by atoms with Crippen LogP contribution in [0.1, 0.15) is 46.0 Å². The summed E-state index contributed by atoms with van der Waals surface area (Å²) in [5.41, 5.74) is 1.60. The molecule has 26 heavy (non-hydrogen) atoms. The molecule has 0 saturated carbocycles. The van der Waals surface area contributed by atoms with Crippen molar-refractivity contribution in [1.82, 2.24) is 0 Å². The molecular weight excluding hydrogens is 332 g/mol. The van der Waals surface area contributed by atoms with Gasteiger partial charge in [-0.1, -0.05) is 32.6 Å². The molecular formula is C21H28O5. The topological polar surface area (TPSA) is 72.8 Å². The third kappa shape index (κ3) is 4.73. The molecule has 5 nitrogen and oxygen atoms in total. The molecule has 1 heterocycles. The molecule has 2 rings (SSSR count). The van der Waals surface area contributed by atoms with Crippen LogP contribution in [0.15, 0.2) is 47.6 Å². The van der Waals surface area contributed by atoms with E-state index in [0.29, 0.717) is 29.9 Å². The number of rotatable bonds is 5. The van der Waals surface area contributed by atoms with Gasteiger partial charge in [-0.15, -0.1) is 0 Å².